The highest BCUT2D eigenvalue weighted by molar-refractivity contribution is 6.30. The van der Waals surface area contributed by atoms with Gasteiger partial charge >= 0.3 is 0 Å². The summed E-state index contributed by atoms with van der Waals surface area (Å²) in [5.74, 6) is -3.17. The Morgan fingerprint density at radius 3 is 2.49 bits per heavy atom. The van der Waals surface area contributed by atoms with Crippen molar-refractivity contribution in [2.75, 3.05) is 16.3 Å². The third-order valence-electron chi connectivity index (χ3n) is 6.78. The molecule has 0 bridgehead atoms. The fraction of sp³-hybridized carbons (Fsp3) is 0.387. The maximum atomic E-state index is 13.5. The van der Waals surface area contributed by atoms with E-state index < -0.39 is 42.6 Å². The lowest BCUT2D eigenvalue weighted by Gasteiger charge is -2.37. The number of alkyl halides is 2. The van der Waals surface area contributed by atoms with Gasteiger partial charge in [0.1, 0.15) is 17.7 Å². The number of hydrogen-bond acceptors (Lipinski definition) is 5. The molecule has 3 aromatic rings. The second-order valence-corrected chi connectivity index (χ2v) is 10.3. The van der Waals surface area contributed by atoms with Gasteiger partial charge in [-0.1, -0.05) is 55.8 Å². The third-order valence-corrected chi connectivity index (χ3v) is 7.02. The first-order chi connectivity index (χ1) is 20.6. The van der Waals surface area contributed by atoms with Gasteiger partial charge in [0.2, 0.25) is 18.2 Å². The molecule has 1 unspecified atom stereocenters. The van der Waals surface area contributed by atoms with Crippen LogP contribution in [0.2, 0.25) is 5.02 Å². The van der Waals surface area contributed by atoms with Crippen LogP contribution in [0.25, 0.3) is 0 Å². The molecule has 1 saturated heterocycles. The van der Waals surface area contributed by atoms with Gasteiger partial charge in [0, 0.05) is 49.1 Å². The summed E-state index contributed by atoms with van der Waals surface area (Å²) in [4.78, 5) is 46.4. The first-order valence-electron chi connectivity index (χ1n) is 14.1. The predicted octanol–water partition coefficient (Wildman–Crippen LogP) is 5.99. The zero-order valence-electron chi connectivity index (χ0n) is 24.1. The molecule has 1 N–H and O–H groups in total. The Morgan fingerprint density at radius 1 is 1.19 bits per heavy atom. The number of rotatable bonds is 9. The molecule has 0 radical (unpaired) electrons. The molecule has 0 spiro atoms. The van der Waals surface area contributed by atoms with Gasteiger partial charge in [-0.25, -0.2) is 18.2 Å². The Kier molecular flexibility index (Phi) is 12.5. The summed E-state index contributed by atoms with van der Waals surface area (Å²) in [6.07, 6.45) is 5.71. The van der Waals surface area contributed by atoms with E-state index in [-0.39, 0.29) is 18.0 Å². The zero-order valence-corrected chi connectivity index (χ0v) is 24.8. The first-order valence-corrected chi connectivity index (χ1v) is 14.5. The van der Waals surface area contributed by atoms with Gasteiger partial charge in [-0.05, 0) is 37.0 Å². The molecule has 3 heterocycles. The number of aromatic nitrogens is 2. The largest absolute Gasteiger partial charge is 0.351 e. The predicted molar refractivity (Wildman–Crippen MR) is 160 cm³/mol. The van der Waals surface area contributed by atoms with Gasteiger partial charge in [0.15, 0.2) is 0 Å². The Bertz CT molecular complexity index is 1360. The molecule has 3 amide bonds. The van der Waals surface area contributed by atoms with E-state index >= 15 is 0 Å². The van der Waals surface area contributed by atoms with E-state index in [2.05, 4.69) is 15.3 Å². The van der Waals surface area contributed by atoms with Crippen molar-refractivity contribution >= 4 is 41.3 Å². The Morgan fingerprint density at radius 2 is 1.91 bits per heavy atom. The lowest BCUT2D eigenvalue weighted by atomic mass is 9.88. The SMILES string of the molecule is CC.O=C1CCCN1c1cc(Cl)ccn1.O=CN(c1cncc(F)c1)C(CCc1ccccc1)C(=O)NC1CC(F)(F)C1. The number of benzene rings is 1. The van der Waals surface area contributed by atoms with Crippen LogP contribution in [-0.4, -0.2) is 52.7 Å². The lowest BCUT2D eigenvalue weighted by Crippen LogP contribution is -2.56. The van der Waals surface area contributed by atoms with E-state index in [4.69, 9.17) is 11.6 Å². The fourth-order valence-corrected chi connectivity index (χ4v) is 4.85. The molecule has 230 valence electrons. The van der Waals surface area contributed by atoms with Gasteiger partial charge in [0.05, 0.1) is 18.1 Å². The Labute approximate surface area is 254 Å². The monoisotopic (exact) mass is 617 g/mol. The Balaban J connectivity index is 0.000000280. The fourth-order valence-electron chi connectivity index (χ4n) is 4.69. The van der Waals surface area contributed by atoms with Gasteiger partial charge in [0.25, 0.3) is 5.92 Å². The van der Waals surface area contributed by atoms with Crippen LogP contribution >= 0.6 is 11.6 Å². The van der Waals surface area contributed by atoms with Gasteiger partial charge < -0.3 is 10.2 Å². The summed E-state index contributed by atoms with van der Waals surface area (Å²) >= 11 is 5.79. The second-order valence-electron chi connectivity index (χ2n) is 9.87. The average molecular weight is 618 g/mol. The number of halogens is 4. The molecule has 1 aliphatic carbocycles. The molecule has 2 fully saturated rings. The lowest BCUT2D eigenvalue weighted by molar-refractivity contribution is -0.131. The zero-order chi connectivity index (χ0) is 31.4. The van der Waals surface area contributed by atoms with Crippen LogP contribution in [0.3, 0.4) is 0 Å². The topological polar surface area (TPSA) is 95.5 Å². The minimum Gasteiger partial charge on any atom is -0.351 e. The number of anilines is 2. The summed E-state index contributed by atoms with van der Waals surface area (Å²) in [5, 5.41) is 3.19. The summed E-state index contributed by atoms with van der Waals surface area (Å²) < 4.78 is 39.7. The van der Waals surface area contributed by atoms with E-state index in [1.807, 2.05) is 44.2 Å². The third kappa shape index (κ3) is 9.77. The van der Waals surface area contributed by atoms with Gasteiger partial charge in [-0.15, -0.1) is 0 Å². The van der Waals surface area contributed by atoms with Crippen molar-refractivity contribution in [3.05, 3.63) is 83.5 Å². The molecule has 5 rings (SSSR count). The molecule has 1 aromatic carbocycles. The highest BCUT2D eigenvalue weighted by Gasteiger charge is 2.46. The Hall–Kier alpha value is -3.99. The van der Waals surface area contributed by atoms with Crippen molar-refractivity contribution in [3.63, 3.8) is 0 Å². The second kappa shape index (κ2) is 16.0. The molecule has 43 heavy (non-hydrogen) atoms. The molecule has 8 nitrogen and oxygen atoms in total. The number of nitrogens with one attached hydrogen (secondary N) is 1. The number of nitrogens with zero attached hydrogens (tertiary/aromatic N) is 4. The van der Waals surface area contributed by atoms with Crippen LogP contribution in [0.5, 0.6) is 0 Å². The quantitative estimate of drug-likeness (QED) is 0.298. The van der Waals surface area contributed by atoms with Crippen molar-refractivity contribution in [3.8, 4) is 0 Å². The number of pyridine rings is 2. The normalized spacial score (nSPS) is 16.0. The van der Waals surface area contributed by atoms with Crippen LogP contribution in [0, 0.1) is 5.82 Å². The van der Waals surface area contributed by atoms with Crippen LogP contribution < -0.4 is 15.1 Å². The molecule has 2 aliphatic rings. The maximum absolute atomic E-state index is 13.5. The maximum Gasteiger partial charge on any atom is 0.252 e. The number of amides is 3. The van der Waals surface area contributed by atoms with Crippen molar-refractivity contribution in [1.29, 1.82) is 0 Å². The summed E-state index contributed by atoms with van der Waals surface area (Å²) in [5.41, 5.74) is 1.08. The van der Waals surface area contributed by atoms with Crippen LogP contribution in [0.4, 0.5) is 24.7 Å². The molecule has 2 aromatic heterocycles. The first kappa shape index (κ1) is 33.5. The van der Waals surface area contributed by atoms with Crippen LogP contribution in [0.1, 0.15) is 51.5 Å². The number of carbonyl (C=O) groups is 3. The molecular weight excluding hydrogens is 583 g/mol. The highest BCUT2D eigenvalue weighted by Crippen LogP contribution is 2.37. The summed E-state index contributed by atoms with van der Waals surface area (Å²) in [7, 11) is 0. The number of hydrogen-bond donors (Lipinski definition) is 1. The molecular formula is C31H35ClF3N5O3. The van der Waals surface area contributed by atoms with E-state index in [1.165, 1.54) is 6.20 Å². The van der Waals surface area contributed by atoms with Crippen LogP contribution in [-0.2, 0) is 20.8 Å². The van der Waals surface area contributed by atoms with Crippen molar-refractivity contribution in [2.24, 2.45) is 0 Å². The minimum absolute atomic E-state index is 0.127. The van der Waals surface area contributed by atoms with Crippen molar-refractivity contribution in [2.45, 2.75) is 70.4 Å². The van der Waals surface area contributed by atoms with E-state index in [9.17, 15) is 27.6 Å². The van der Waals surface area contributed by atoms with Crippen molar-refractivity contribution < 1.29 is 27.6 Å². The van der Waals surface area contributed by atoms with Gasteiger partial charge in [-0.3, -0.25) is 24.3 Å². The molecule has 1 aliphatic heterocycles. The van der Waals surface area contributed by atoms with Crippen LogP contribution in [0.15, 0.2) is 67.1 Å². The molecule has 12 heteroatoms. The summed E-state index contributed by atoms with van der Waals surface area (Å²) in [6, 6.07) is 12.2. The number of aryl methyl sites for hydroxylation is 1. The summed E-state index contributed by atoms with van der Waals surface area (Å²) in [6.45, 7) is 4.76. The number of carbonyl (C=O) groups excluding carboxylic acids is 3. The van der Waals surface area contributed by atoms with E-state index in [0.29, 0.717) is 30.1 Å². The van der Waals surface area contributed by atoms with Crippen molar-refractivity contribution in [1.82, 2.24) is 15.3 Å². The minimum atomic E-state index is -2.77. The smallest absolute Gasteiger partial charge is 0.252 e. The average Bonchev–Trinajstić information content (AvgIpc) is 3.42. The standard InChI is InChI=1S/C20H20F3N3O2.C9H9ClN2O.C2H6/c21-15-8-17(12-24-11-15)26(13-27)18(7-6-14-4-2-1-3-5-14)19(28)25-16-9-20(22,23)10-16;10-7-3-4-11-8(6-7)12-5-1-2-9(12)13;1-2/h1-5,8,11-13,16,18H,6-7,9-10H2,(H,25,28);3-4,6H,1-2,5H2;1-2H3. The van der Waals surface area contributed by atoms with E-state index in [0.717, 1.165) is 35.7 Å². The highest BCUT2D eigenvalue weighted by atomic mass is 35.5. The molecule has 1 atom stereocenters. The van der Waals surface area contributed by atoms with Gasteiger partial charge in [-0.2, -0.15) is 0 Å². The molecule has 1 saturated carbocycles. The van der Waals surface area contributed by atoms with E-state index in [1.54, 1.807) is 23.2 Å².